The lowest BCUT2D eigenvalue weighted by atomic mass is 10.2. The SMILES string of the molecule is OCCn1c(-c2cncc(Cn3ccnc3)c2)nc2cc(F)ccc21. The van der Waals surface area contributed by atoms with Gasteiger partial charge in [0, 0.05) is 43.0 Å². The second-order valence-corrected chi connectivity index (χ2v) is 5.76. The number of aromatic nitrogens is 5. The van der Waals surface area contributed by atoms with Crippen LogP contribution in [0.15, 0.2) is 55.4 Å². The van der Waals surface area contributed by atoms with Crippen LogP contribution >= 0.6 is 0 Å². The van der Waals surface area contributed by atoms with E-state index in [4.69, 9.17) is 0 Å². The second kappa shape index (κ2) is 6.45. The Balaban J connectivity index is 1.79. The Morgan fingerprint density at radius 3 is 2.84 bits per heavy atom. The Labute approximate surface area is 143 Å². The predicted octanol–water partition coefficient (Wildman–Crippen LogP) is 2.47. The highest BCUT2D eigenvalue weighted by Crippen LogP contribution is 2.25. The molecule has 0 spiro atoms. The first-order valence-electron chi connectivity index (χ1n) is 7.91. The minimum Gasteiger partial charge on any atom is -0.395 e. The van der Waals surface area contributed by atoms with Gasteiger partial charge in [-0.2, -0.15) is 0 Å². The van der Waals surface area contributed by atoms with E-state index in [1.165, 1.54) is 12.1 Å². The van der Waals surface area contributed by atoms with Crippen LogP contribution in [0.3, 0.4) is 0 Å². The highest BCUT2D eigenvalue weighted by Gasteiger charge is 2.14. The van der Waals surface area contributed by atoms with Crippen molar-refractivity contribution in [3.63, 3.8) is 0 Å². The zero-order valence-corrected chi connectivity index (χ0v) is 13.4. The van der Waals surface area contributed by atoms with Crippen molar-refractivity contribution in [2.24, 2.45) is 0 Å². The molecule has 1 aromatic carbocycles. The molecule has 25 heavy (non-hydrogen) atoms. The normalized spacial score (nSPS) is 11.3. The van der Waals surface area contributed by atoms with Gasteiger partial charge < -0.3 is 14.2 Å². The number of hydrogen-bond acceptors (Lipinski definition) is 4. The summed E-state index contributed by atoms with van der Waals surface area (Å²) in [6, 6.07) is 6.48. The Morgan fingerprint density at radius 1 is 1.12 bits per heavy atom. The van der Waals surface area contributed by atoms with Crippen LogP contribution in [0.4, 0.5) is 4.39 Å². The lowest BCUT2D eigenvalue weighted by molar-refractivity contribution is 0.278. The second-order valence-electron chi connectivity index (χ2n) is 5.76. The van der Waals surface area contributed by atoms with Crippen molar-refractivity contribution >= 4 is 11.0 Å². The highest BCUT2D eigenvalue weighted by molar-refractivity contribution is 5.80. The van der Waals surface area contributed by atoms with Gasteiger partial charge in [-0.1, -0.05) is 0 Å². The highest BCUT2D eigenvalue weighted by atomic mass is 19.1. The molecule has 0 unspecified atom stereocenters. The number of benzene rings is 1. The van der Waals surface area contributed by atoms with Crippen LogP contribution in [0.5, 0.6) is 0 Å². The molecule has 4 rings (SSSR count). The van der Waals surface area contributed by atoms with Crippen LogP contribution in [-0.2, 0) is 13.1 Å². The van der Waals surface area contributed by atoms with Gasteiger partial charge in [-0.25, -0.2) is 14.4 Å². The largest absolute Gasteiger partial charge is 0.395 e. The van der Waals surface area contributed by atoms with E-state index >= 15 is 0 Å². The molecule has 0 aliphatic carbocycles. The van der Waals surface area contributed by atoms with Crippen molar-refractivity contribution in [3.05, 3.63) is 66.8 Å². The Kier molecular flexibility index (Phi) is 3.99. The van der Waals surface area contributed by atoms with Gasteiger partial charge in [0.05, 0.1) is 30.5 Å². The quantitative estimate of drug-likeness (QED) is 0.607. The average molecular weight is 337 g/mol. The van der Waals surface area contributed by atoms with Crippen LogP contribution in [0.25, 0.3) is 22.4 Å². The standard InChI is InChI=1S/C18H16FN5O/c19-15-1-2-17-16(8-15)22-18(24(17)5-6-25)14-7-13(9-21-10-14)11-23-4-3-20-12-23/h1-4,7-10,12,25H,5-6,11H2. The van der Waals surface area contributed by atoms with Gasteiger partial charge >= 0.3 is 0 Å². The van der Waals surface area contributed by atoms with Crippen LogP contribution in [0.2, 0.25) is 0 Å². The Morgan fingerprint density at radius 2 is 2.04 bits per heavy atom. The lowest BCUT2D eigenvalue weighted by Crippen LogP contribution is -2.05. The van der Waals surface area contributed by atoms with Crippen molar-refractivity contribution in [1.82, 2.24) is 24.1 Å². The van der Waals surface area contributed by atoms with Gasteiger partial charge in [-0.15, -0.1) is 0 Å². The third-order valence-corrected chi connectivity index (χ3v) is 4.01. The van der Waals surface area contributed by atoms with Gasteiger partial charge in [0.15, 0.2) is 0 Å². The van der Waals surface area contributed by atoms with Crippen molar-refractivity contribution < 1.29 is 9.50 Å². The van der Waals surface area contributed by atoms with Gasteiger partial charge in [0.2, 0.25) is 0 Å². The molecule has 126 valence electrons. The predicted molar refractivity (Wildman–Crippen MR) is 91.3 cm³/mol. The molecule has 4 aromatic rings. The summed E-state index contributed by atoms with van der Waals surface area (Å²) in [6.45, 7) is 0.997. The van der Waals surface area contributed by atoms with E-state index in [-0.39, 0.29) is 12.4 Å². The number of imidazole rings is 2. The van der Waals surface area contributed by atoms with Gasteiger partial charge in [0.25, 0.3) is 0 Å². The molecule has 0 aliphatic heterocycles. The van der Waals surface area contributed by atoms with E-state index < -0.39 is 0 Å². The molecule has 1 N–H and O–H groups in total. The maximum Gasteiger partial charge on any atom is 0.142 e. The molecule has 0 aliphatic rings. The van der Waals surface area contributed by atoms with E-state index in [1.54, 1.807) is 31.0 Å². The Bertz CT molecular complexity index is 1010. The molecule has 0 saturated carbocycles. The van der Waals surface area contributed by atoms with Gasteiger partial charge in [-0.05, 0) is 23.8 Å². The molecule has 0 bridgehead atoms. The fourth-order valence-electron chi connectivity index (χ4n) is 2.94. The summed E-state index contributed by atoms with van der Waals surface area (Å²) in [5.74, 6) is 0.328. The van der Waals surface area contributed by atoms with Crippen LogP contribution < -0.4 is 0 Å². The zero-order chi connectivity index (χ0) is 17.2. The average Bonchev–Trinajstić information content (AvgIpc) is 3.23. The van der Waals surface area contributed by atoms with Gasteiger partial charge in [0.1, 0.15) is 11.6 Å². The Hall–Kier alpha value is -3.06. The molecule has 3 aromatic heterocycles. The van der Waals surface area contributed by atoms with E-state index in [9.17, 15) is 9.50 Å². The molecule has 0 fully saturated rings. The van der Waals surface area contributed by atoms with Crippen molar-refractivity contribution in [2.45, 2.75) is 13.1 Å². The number of halogens is 1. The van der Waals surface area contributed by atoms with Crippen molar-refractivity contribution in [1.29, 1.82) is 0 Å². The molecule has 7 heteroatoms. The molecule has 6 nitrogen and oxygen atoms in total. The molecular weight excluding hydrogens is 321 g/mol. The third kappa shape index (κ3) is 3.01. The van der Waals surface area contributed by atoms with E-state index in [2.05, 4.69) is 15.0 Å². The number of hydrogen-bond donors (Lipinski definition) is 1. The topological polar surface area (TPSA) is 68.8 Å². The molecule has 0 radical (unpaired) electrons. The molecule has 0 atom stereocenters. The smallest absolute Gasteiger partial charge is 0.142 e. The minimum atomic E-state index is -0.334. The fourth-order valence-corrected chi connectivity index (χ4v) is 2.94. The first kappa shape index (κ1) is 15.5. The van der Waals surface area contributed by atoms with Crippen molar-refractivity contribution in [3.8, 4) is 11.4 Å². The molecule has 3 heterocycles. The summed E-state index contributed by atoms with van der Waals surface area (Å²) in [7, 11) is 0. The summed E-state index contributed by atoms with van der Waals surface area (Å²) < 4.78 is 17.4. The molecule has 0 saturated heterocycles. The number of fused-ring (bicyclic) bond motifs is 1. The first-order chi connectivity index (χ1) is 12.2. The summed E-state index contributed by atoms with van der Waals surface area (Å²) in [5, 5.41) is 9.40. The van der Waals surface area contributed by atoms with Crippen LogP contribution in [0, 0.1) is 5.82 Å². The third-order valence-electron chi connectivity index (χ3n) is 4.01. The number of nitrogens with zero attached hydrogens (tertiary/aromatic N) is 5. The van der Waals surface area contributed by atoms with Crippen molar-refractivity contribution in [2.75, 3.05) is 6.61 Å². The maximum atomic E-state index is 13.5. The maximum absolute atomic E-state index is 13.5. The summed E-state index contributed by atoms with van der Waals surface area (Å²) in [5.41, 5.74) is 3.17. The molecule has 0 amide bonds. The zero-order valence-electron chi connectivity index (χ0n) is 13.4. The van der Waals surface area contributed by atoms with E-state index in [0.29, 0.717) is 24.4 Å². The number of pyridine rings is 1. The number of rotatable bonds is 5. The summed E-state index contributed by atoms with van der Waals surface area (Å²) in [6.07, 6.45) is 8.88. The summed E-state index contributed by atoms with van der Waals surface area (Å²) in [4.78, 5) is 12.9. The fraction of sp³-hybridized carbons (Fsp3) is 0.167. The minimum absolute atomic E-state index is 0.0298. The number of aliphatic hydroxyl groups excluding tert-OH is 1. The number of aliphatic hydroxyl groups is 1. The van der Waals surface area contributed by atoms with Crippen LogP contribution in [-0.4, -0.2) is 35.8 Å². The van der Waals surface area contributed by atoms with Crippen LogP contribution in [0.1, 0.15) is 5.56 Å². The lowest BCUT2D eigenvalue weighted by Gasteiger charge is -2.09. The molecular formula is C18H16FN5O. The van der Waals surface area contributed by atoms with Gasteiger partial charge in [-0.3, -0.25) is 4.98 Å². The van der Waals surface area contributed by atoms with E-state index in [1.807, 2.05) is 21.4 Å². The first-order valence-corrected chi connectivity index (χ1v) is 7.91. The summed E-state index contributed by atoms with van der Waals surface area (Å²) >= 11 is 0. The van der Waals surface area contributed by atoms with E-state index in [0.717, 1.165) is 16.6 Å². The monoisotopic (exact) mass is 337 g/mol.